The average Bonchev–Trinajstić information content (AvgIpc) is 2.18. The minimum Gasteiger partial charge on any atom is -0.506 e. The molecular weight excluding hydrogens is 178 g/mol. The molecule has 2 aromatic heterocycles. The van der Waals surface area contributed by atoms with E-state index in [-0.39, 0.29) is 5.75 Å². The van der Waals surface area contributed by atoms with E-state index >= 15 is 0 Å². The summed E-state index contributed by atoms with van der Waals surface area (Å²) in [5, 5.41) is 9.51. The average molecular weight is 187 g/mol. The molecule has 2 heterocycles. The Morgan fingerprint density at radius 2 is 2.00 bits per heavy atom. The summed E-state index contributed by atoms with van der Waals surface area (Å²) in [7, 11) is 0. The Morgan fingerprint density at radius 1 is 1.14 bits per heavy atom. The van der Waals surface area contributed by atoms with Crippen LogP contribution in [0.2, 0.25) is 0 Å². The second kappa shape index (κ2) is 3.33. The van der Waals surface area contributed by atoms with Crippen molar-refractivity contribution in [3.8, 4) is 17.1 Å². The quantitative estimate of drug-likeness (QED) is 0.708. The largest absolute Gasteiger partial charge is 0.506 e. The Hall–Kier alpha value is -2.10. The molecule has 4 nitrogen and oxygen atoms in total. The number of hydrogen-bond donors (Lipinski definition) is 2. The van der Waals surface area contributed by atoms with E-state index in [0.29, 0.717) is 17.1 Å². The van der Waals surface area contributed by atoms with Gasteiger partial charge in [-0.05, 0) is 24.3 Å². The zero-order valence-electron chi connectivity index (χ0n) is 7.38. The van der Waals surface area contributed by atoms with Crippen LogP contribution < -0.4 is 5.73 Å². The van der Waals surface area contributed by atoms with Gasteiger partial charge in [-0.1, -0.05) is 0 Å². The van der Waals surface area contributed by atoms with Crippen molar-refractivity contribution in [2.24, 2.45) is 0 Å². The number of aromatic hydroxyl groups is 1. The molecule has 0 aliphatic heterocycles. The van der Waals surface area contributed by atoms with Crippen LogP contribution in [-0.2, 0) is 0 Å². The maximum Gasteiger partial charge on any atom is 0.143 e. The fourth-order valence-electron chi connectivity index (χ4n) is 1.17. The molecule has 0 fully saturated rings. The second-order valence-corrected chi connectivity index (χ2v) is 2.85. The molecule has 0 amide bonds. The van der Waals surface area contributed by atoms with Crippen LogP contribution in [0.5, 0.6) is 5.75 Å². The monoisotopic (exact) mass is 187 g/mol. The van der Waals surface area contributed by atoms with Crippen LogP contribution in [0.25, 0.3) is 11.4 Å². The zero-order valence-corrected chi connectivity index (χ0v) is 7.38. The molecule has 0 saturated carbocycles. The first-order valence-electron chi connectivity index (χ1n) is 4.13. The van der Waals surface area contributed by atoms with Gasteiger partial charge in [0.2, 0.25) is 0 Å². The Morgan fingerprint density at radius 3 is 2.71 bits per heavy atom. The Balaban J connectivity index is 2.55. The minimum atomic E-state index is 0.102. The predicted octanol–water partition coefficient (Wildman–Crippen LogP) is 1.43. The van der Waals surface area contributed by atoms with Gasteiger partial charge in [-0.15, -0.1) is 0 Å². The highest BCUT2D eigenvalue weighted by Gasteiger charge is 2.05. The summed E-state index contributed by atoms with van der Waals surface area (Å²) in [6, 6.07) is 6.57. The number of rotatable bonds is 1. The normalized spacial score (nSPS) is 10.0. The van der Waals surface area contributed by atoms with E-state index in [0.717, 1.165) is 0 Å². The maximum atomic E-state index is 9.51. The third-order valence-corrected chi connectivity index (χ3v) is 1.81. The summed E-state index contributed by atoms with van der Waals surface area (Å²) in [6.45, 7) is 0. The molecule has 70 valence electrons. The molecule has 0 spiro atoms. The fourth-order valence-corrected chi connectivity index (χ4v) is 1.17. The van der Waals surface area contributed by atoms with Crippen LogP contribution in [0.4, 0.5) is 5.69 Å². The molecule has 2 rings (SSSR count). The molecule has 0 radical (unpaired) electrons. The molecule has 0 atom stereocenters. The van der Waals surface area contributed by atoms with Crippen LogP contribution in [-0.4, -0.2) is 15.1 Å². The van der Waals surface area contributed by atoms with E-state index in [1.165, 1.54) is 0 Å². The molecule has 0 aliphatic carbocycles. The topological polar surface area (TPSA) is 72.0 Å². The SMILES string of the molecule is Nc1ccnc(-c2ncccc2O)c1. The Kier molecular flexibility index (Phi) is 2.02. The summed E-state index contributed by atoms with van der Waals surface area (Å²) in [6.07, 6.45) is 3.18. The first kappa shape index (κ1) is 8.50. The molecule has 0 unspecified atom stereocenters. The summed E-state index contributed by atoms with van der Waals surface area (Å²) in [4.78, 5) is 8.09. The van der Waals surface area contributed by atoms with Crippen molar-refractivity contribution < 1.29 is 5.11 Å². The van der Waals surface area contributed by atoms with Crippen LogP contribution >= 0.6 is 0 Å². The molecule has 2 aromatic rings. The third-order valence-electron chi connectivity index (χ3n) is 1.81. The molecule has 14 heavy (non-hydrogen) atoms. The van der Waals surface area contributed by atoms with Crippen LogP contribution in [0, 0.1) is 0 Å². The van der Waals surface area contributed by atoms with E-state index in [2.05, 4.69) is 9.97 Å². The van der Waals surface area contributed by atoms with E-state index < -0.39 is 0 Å². The van der Waals surface area contributed by atoms with Crippen molar-refractivity contribution in [2.45, 2.75) is 0 Å². The summed E-state index contributed by atoms with van der Waals surface area (Å²) < 4.78 is 0. The summed E-state index contributed by atoms with van der Waals surface area (Å²) in [5.41, 5.74) is 7.21. The lowest BCUT2D eigenvalue weighted by atomic mass is 10.2. The number of aromatic nitrogens is 2. The lowest BCUT2D eigenvalue weighted by molar-refractivity contribution is 0.475. The minimum absolute atomic E-state index is 0.102. The zero-order chi connectivity index (χ0) is 9.97. The summed E-state index contributed by atoms with van der Waals surface area (Å²) >= 11 is 0. The van der Waals surface area contributed by atoms with Gasteiger partial charge in [0.15, 0.2) is 0 Å². The maximum absolute atomic E-state index is 9.51. The molecule has 0 bridgehead atoms. The number of pyridine rings is 2. The van der Waals surface area contributed by atoms with Gasteiger partial charge in [-0.25, -0.2) is 0 Å². The van der Waals surface area contributed by atoms with Gasteiger partial charge in [0.1, 0.15) is 11.4 Å². The summed E-state index contributed by atoms with van der Waals surface area (Å²) in [5.74, 6) is 0.102. The van der Waals surface area contributed by atoms with Crippen molar-refractivity contribution in [2.75, 3.05) is 5.73 Å². The number of nitrogen functional groups attached to an aromatic ring is 1. The van der Waals surface area contributed by atoms with Crippen molar-refractivity contribution in [3.63, 3.8) is 0 Å². The van der Waals surface area contributed by atoms with Gasteiger partial charge in [-0.3, -0.25) is 9.97 Å². The van der Waals surface area contributed by atoms with E-state index in [1.807, 2.05) is 0 Å². The molecular formula is C10H9N3O. The van der Waals surface area contributed by atoms with Gasteiger partial charge in [-0.2, -0.15) is 0 Å². The standard InChI is InChI=1S/C10H9N3O/c11-7-3-5-12-8(6-7)10-9(14)2-1-4-13-10/h1-6,14H,(H2,11,12). The second-order valence-electron chi connectivity index (χ2n) is 2.85. The first-order chi connectivity index (χ1) is 6.77. The van der Waals surface area contributed by atoms with E-state index in [4.69, 9.17) is 5.73 Å². The highest BCUT2D eigenvalue weighted by Crippen LogP contribution is 2.24. The van der Waals surface area contributed by atoms with Gasteiger partial charge in [0, 0.05) is 18.1 Å². The first-order valence-corrected chi connectivity index (χ1v) is 4.13. The molecule has 4 heteroatoms. The predicted molar refractivity (Wildman–Crippen MR) is 53.5 cm³/mol. The fraction of sp³-hybridized carbons (Fsp3) is 0. The van der Waals surface area contributed by atoms with Gasteiger partial charge < -0.3 is 10.8 Å². The van der Waals surface area contributed by atoms with E-state index in [9.17, 15) is 5.11 Å². The molecule has 0 saturated heterocycles. The highest BCUT2D eigenvalue weighted by atomic mass is 16.3. The highest BCUT2D eigenvalue weighted by molar-refractivity contribution is 5.64. The van der Waals surface area contributed by atoms with Gasteiger partial charge in [0.05, 0.1) is 5.69 Å². The Bertz CT molecular complexity index is 457. The van der Waals surface area contributed by atoms with Crippen molar-refractivity contribution >= 4 is 5.69 Å². The van der Waals surface area contributed by atoms with Crippen molar-refractivity contribution in [1.82, 2.24) is 9.97 Å². The third kappa shape index (κ3) is 1.50. The smallest absolute Gasteiger partial charge is 0.143 e. The molecule has 0 aromatic carbocycles. The molecule has 0 aliphatic rings. The van der Waals surface area contributed by atoms with Crippen molar-refractivity contribution in [1.29, 1.82) is 0 Å². The van der Waals surface area contributed by atoms with E-state index in [1.54, 1.807) is 36.7 Å². The number of anilines is 1. The van der Waals surface area contributed by atoms with Gasteiger partial charge >= 0.3 is 0 Å². The number of nitrogens with zero attached hydrogens (tertiary/aromatic N) is 2. The van der Waals surface area contributed by atoms with Gasteiger partial charge in [0.25, 0.3) is 0 Å². The Labute approximate surface area is 81.1 Å². The molecule has 3 N–H and O–H groups in total. The lowest BCUT2D eigenvalue weighted by Crippen LogP contribution is -1.90. The van der Waals surface area contributed by atoms with Crippen LogP contribution in [0.1, 0.15) is 0 Å². The van der Waals surface area contributed by atoms with Crippen molar-refractivity contribution in [3.05, 3.63) is 36.7 Å². The van der Waals surface area contributed by atoms with Crippen LogP contribution in [0.3, 0.4) is 0 Å². The lowest BCUT2D eigenvalue weighted by Gasteiger charge is -2.02. The number of nitrogens with two attached hydrogens (primary N) is 1. The number of hydrogen-bond acceptors (Lipinski definition) is 4. The van der Waals surface area contributed by atoms with Crippen LogP contribution in [0.15, 0.2) is 36.7 Å².